The van der Waals surface area contributed by atoms with Crippen LogP contribution in [0.5, 0.6) is 0 Å². The highest BCUT2D eigenvalue weighted by Gasteiger charge is 2.26. The van der Waals surface area contributed by atoms with E-state index in [0.717, 1.165) is 5.11 Å². The zero-order valence-electron chi connectivity index (χ0n) is 9.62. The number of likely N-dealkylation sites (tertiary alicyclic amines) is 1. The van der Waals surface area contributed by atoms with Crippen LogP contribution in [0.3, 0.4) is 0 Å². The van der Waals surface area contributed by atoms with Crippen LogP contribution in [0.25, 0.3) is 0 Å². The Morgan fingerprint density at radius 2 is 2.00 bits per heavy atom. The number of rotatable bonds is 2. The SMILES string of the molecule is CC1CN(C)CCC1NC(=S)NC1CC1. The zero-order valence-corrected chi connectivity index (χ0v) is 10.4. The first-order valence-electron chi connectivity index (χ1n) is 5.90. The average Bonchev–Trinajstić information content (AvgIpc) is 2.94. The van der Waals surface area contributed by atoms with E-state index in [4.69, 9.17) is 12.2 Å². The lowest BCUT2D eigenvalue weighted by Crippen LogP contribution is -2.51. The van der Waals surface area contributed by atoms with Crippen molar-refractivity contribution in [2.75, 3.05) is 20.1 Å². The molecule has 2 unspecified atom stereocenters. The van der Waals surface area contributed by atoms with E-state index in [2.05, 4.69) is 29.5 Å². The van der Waals surface area contributed by atoms with Crippen molar-refractivity contribution in [3.63, 3.8) is 0 Å². The Bertz CT molecular complexity index is 240. The summed E-state index contributed by atoms with van der Waals surface area (Å²) in [5, 5.41) is 7.65. The number of thiocarbonyl (C=S) groups is 1. The summed E-state index contributed by atoms with van der Waals surface area (Å²) in [7, 11) is 2.19. The quantitative estimate of drug-likeness (QED) is 0.687. The number of piperidine rings is 1. The molecule has 15 heavy (non-hydrogen) atoms. The summed E-state index contributed by atoms with van der Waals surface area (Å²) in [5.74, 6) is 0.683. The van der Waals surface area contributed by atoms with Gasteiger partial charge in [0.05, 0.1) is 0 Å². The molecular formula is C11H21N3S. The monoisotopic (exact) mass is 227 g/mol. The van der Waals surface area contributed by atoms with Crippen molar-refractivity contribution in [1.82, 2.24) is 15.5 Å². The Kier molecular flexibility index (Phi) is 3.46. The summed E-state index contributed by atoms with van der Waals surface area (Å²) in [6.45, 7) is 4.64. The predicted molar refractivity (Wildman–Crippen MR) is 67.0 cm³/mol. The minimum atomic E-state index is 0.556. The molecular weight excluding hydrogens is 206 g/mol. The molecule has 2 N–H and O–H groups in total. The Hall–Kier alpha value is -0.350. The summed E-state index contributed by atoms with van der Waals surface area (Å²) in [6, 6.07) is 1.21. The van der Waals surface area contributed by atoms with E-state index in [1.54, 1.807) is 0 Å². The highest BCUT2D eigenvalue weighted by molar-refractivity contribution is 7.80. The standard InChI is InChI=1S/C11H21N3S/c1-8-7-14(2)6-5-10(8)13-11(15)12-9-3-4-9/h8-10H,3-7H2,1-2H3,(H2,12,13,15). The third kappa shape index (κ3) is 3.31. The van der Waals surface area contributed by atoms with Gasteiger partial charge in [-0.2, -0.15) is 0 Å². The van der Waals surface area contributed by atoms with Crippen molar-refractivity contribution in [1.29, 1.82) is 0 Å². The van der Waals surface area contributed by atoms with Gasteiger partial charge in [0.1, 0.15) is 0 Å². The summed E-state index contributed by atoms with van der Waals surface area (Å²) in [6.07, 6.45) is 3.76. The fraction of sp³-hybridized carbons (Fsp3) is 0.909. The minimum absolute atomic E-state index is 0.556. The van der Waals surface area contributed by atoms with Crippen molar-refractivity contribution in [3.05, 3.63) is 0 Å². The lowest BCUT2D eigenvalue weighted by Gasteiger charge is -2.35. The topological polar surface area (TPSA) is 27.3 Å². The first kappa shape index (κ1) is 11.1. The van der Waals surface area contributed by atoms with E-state index < -0.39 is 0 Å². The molecule has 0 aromatic rings. The molecule has 86 valence electrons. The fourth-order valence-corrected chi connectivity index (χ4v) is 2.51. The van der Waals surface area contributed by atoms with Crippen LogP contribution in [-0.2, 0) is 0 Å². The van der Waals surface area contributed by atoms with Gasteiger partial charge in [-0.1, -0.05) is 6.92 Å². The number of nitrogens with one attached hydrogen (secondary N) is 2. The summed E-state index contributed by atoms with van der Waals surface area (Å²) < 4.78 is 0. The maximum atomic E-state index is 5.30. The van der Waals surface area contributed by atoms with Crippen LogP contribution < -0.4 is 10.6 Å². The van der Waals surface area contributed by atoms with Gasteiger partial charge in [0.15, 0.2) is 5.11 Å². The molecule has 1 heterocycles. The van der Waals surface area contributed by atoms with E-state index in [-0.39, 0.29) is 0 Å². The van der Waals surface area contributed by atoms with Crippen molar-refractivity contribution in [2.24, 2.45) is 5.92 Å². The number of nitrogens with zero attached hydrogens (tertiary/aromatic N) is 1. The van der Waals surface area contributed by atoms with Crippen LogP contribution in [0.2, 0.25) is 0 Å². The third-order valence-electron chi connectivity index (χ3n) is 3.34. The van der Waals surface area contributed by atoms with Gasteiger partial charge in [-0.25, -0.2) is 0 Å². The van der Waals surface area contributed by atoms with Crippen LogP contribution in [0.4, 0.5) is 0 Å². The fourth-order valence-electron chi connectivity index (χ4n) is 2.19. The predicted octanol–water partition coefficient (Wildman–Crippen LogP) is 0.953. The summed E-state index contributed by atoms with van der Waals surface area (Å²) >= 11 is 5.30. The maximum absolute atomic E-state index is 5.30. The molecule has 2 rings (SSSR count). The lowest BCUT2D eigenvalue weighted by atomic mass is 9.94. The molecule has 2 fully saturated rings. The van der Waals surface area contributed by atoms with Crippen molar-refractivity contribution in [2.45, 2.75) is 38.3 Å². The first-order chi connectivity index (χ1) is 7.15. The highest BCUT2D eigenvalue weighted by Crippen LogP contribution is 2.19. The molecule has 0 aromatic heterocycles. The summed E-state index contributed by atoms with van der Waals surface area (Å²) in [5.41, 5.74) is 0. The second kappa shape index (κ2) is 4.66. The number of hydrogen-bond acceptors (Lipinski definition) is 2. The van der Waals surface area contributed by atoms with Gasteiger partial charge < -0.3 is 15.5 Å². The van der Waals surface area contributed by atoms with Gasteiger partial charge in [0, 0.05) is 18.6 Å². The molecule has 0 amide bonds. The van der Waals surface area contributed by atoms with Gasteiger partial charge in [-0.15, -0.1) is 0 Å². The molecule has 0 bridgehead atoms. The van der Waals surface area contributed by atoms with Crippen molar-refractivity contribution < 1.29 is 0 Å². The zero-order chi connectivity index (χ0) is 10.8. The maximum Gasteiger partial charge on any atom is 0.166 e. The Morgan fingerprint density at radius 3 is 2.60 bits per heavy atom. The normalized spacial score (nSPS) is 32.4. The van der Waals surface area contributed by atoms with Crippen LogP contribution in [0.15, 0.2) is 0 Å². The molecule has 1 saturated carbocycles. The van der Waals surface area contributed by atoms with Gasteiger partial charge in [-0.3, -0.25) is 0 Å². The Labute approximate surface area is 97.6 Å². The Balaban J connectivity index is 1.75. The van der Waals surface area contributed by atoms with Crippen LogP contribution in [0.1, 0.15) is 26.2 Å². The van der Waals surface area contributed by atoms with E-state index in [1.807, 2.05) is 0 Å². The largest absolute Gasteiger partial charge is 0.360 e. The van der Waals surface area contributed by atoms with Gasteiger partial charge >= 0.3 is 0 Å². The van der Waals surface area contributed by atoms with Crippen LogP contribution >= 0.6 is 12.2 Å². The first-order valence-corrected chi connectivity index (χ1v) is 6.31. The highest BCUT2D eigenvalue weighted by atomic mass is 32.1. The van der Waals surface area contributed by atoms with E-state index >= 15 is 0 Å². The van der Waals surface area contributed by atoms with Gasteiger partial charge in [0.2, 0.25) is 0 Å². The molecule has 0 aromatic carbocycles. The molecule has 2 aliphatic rings. The van der Waals surface area contributed by atoms with E-state index in [0.29, 0.717) is 18.0 Å². The average molecular weight is 227 g/mol. The van der Waals surface area contributed by atoms with E-state index in [9.17, 15) is 0 Å². The minimum Gasteiger partial charge on any atom is -0.360 e. The molecule has 1 saturated heterocycles. The molecule has 1 aliphatic heterocycles. The molecule has 0 spiro atoms. The third-order valence-corrected chi connectivity index (χ3v) is 3.57. The molecule has 0 radical (unpaired) electrons. The van der Waals surface area contributed by atoms with Gasteiger partial charge in [0.25, 0.3) is 0 Å². The smallest absolute Gasteiger partial charge is 0.166 e. The van der Waals surface area contributed by atoms with Gasteiger partial charge in [-0.05, 0) is 51.0 Å². The van der Waals surface area contributed by atoms with Crippen LogP contribution in [0, 0.1) is 5.92 Å². The number of hydrogen-bond donors (Lipinski definition) is 2. The molecule has 4 heteroatoms. The Morgan fingerprint density at radius 1 is 1.27 bits per heavy atom. The molecule has 2 atom stereocenters. The molecule has 3 nitrogen and oxygen atoms in total. The summed E-state index contributed by atoms with van der Waals surface area (Å²) in [4.78, 5) is 2.39. The van der Waals surface area contributed by atoms with Crippen LogP contribution in [-0.4, -0.2) is 42.2 Å². The lowest BCUT2D eigenvalue weighted by molar-refractivity contribution is 0.187. The van der Waals surface area contributed by atoms with Crippen molar-refractivity contribution >= 4 is 17.3 Å². The second-order valence-corrected chi connectivity index (χ2v) is 5.44. The van der Waals surface area contributed by atoms with E-state index in [1.165, 1.54) is 32.4 Å². The second-order valence-electron chi connectivity index (χ2n) is 5.03. The van der Waals surface area contributed by atoms with Crippen molar-refractivity contribution in [3.8, 4) is 0 Å². The molecule has 1 aliphatic carbocycles.